The number of nitrogens with one attached hydrogen (secondary N) is 2. The van der Waals surface area contributed by atoms with Gasteiger partial charge >= 0.3 is 0 Å². The average Bonchev–Trinajstić information content (AvgIpc) is 2.81. The number of alkyl halides is 1. The van der Waals surface area contributed by atoms with E-state index >= 15 is 0 Å². The minimum Gasteiger partial charge on any atom is -0.381 e. The summed E-state index contributed by atoms with van der Waals surface area (Å²) in [6.45, 7) is 9.60. The Morgan fingerprint density at radius 1 is 1.14 bits per heavy atom. The maximum Gasteiger partial charge on any atom is 0.147 e. The number of benzene rings is 2. The third-order valence-electron chi connectivity index (χ3n) is 6.03. The number of aromatic nitrogens is 1. The molecule has 0 aliphatic carbocycles. The summed E-state index contributed by atoms with van der Waals surface area (Å²) in [5.74, 6) is -0.447. The Balaban J connectivity index is 1.94. The molecule has 5 nitrogen and oxygen atoms in total. The van der Waals surface area contributed by atoms with Crippen molar-refractivity contribution in [3.05, 3.63) is 70.5 Å². The number of fused-ring (bicyclic) bond motifs is 1. The zero-order valence-electron chi connectivity index (χ0n) is 20.7. The van der Waals surface area contributed by atoms with E-state index in [1.54, 1.807) is 24.4 Å². The minimum absolute atomic E-state index is 0.00724. The second-order valence-corrected chi connectivity index (χ2v) is 10.1. The molecule has 0 fully saturated rings. The maximum atomic E-state index is 15.0. The Morgan fingerprint density at radius 3 is 2.37 bits per heavy atom. The lowest BCUT2D eigenvalue weighted by Crippen LogP contribution is -2.30. The molecule has 186 valence electrons. The highest BCUT2D eigenvalue weighted by atomic mass is 31.0. The van der Waals surface area contributed by atoms with Crippen molar-refractivity contribution in [2.24, 2.45) is 0 Å². The SMILES string of the molecule is CCCN(CCC)CCNc1cc2c(cc1F)c(=N)c(C#N)cn2Cc1ccc(C(C)(F)P)cc1. The van der Waals surface area contributed by atoms with Crippen molar-refractivity contribution in [2.45, 2.75) is 45.6 Å². The van der Waals surface area contributed by atoms with Crippen LogP contribution in [-0.2, 0) is 12.0 Å². The fraction of sp³-hybridized carbons (Fsp3) is 0.407. The predicted molar refractivity (Wildman–Crippen MR) is 142 cm³/mol. The molecule has 2 unspecified atom stereocenters. The topological polar surface area (TPSA) is 67.8 Å². The van der Waals surface area contributed by atoms with Gasteiger partial charge in [-0.1, -0.05) is 47.4 Å². The number of rotatable bonds is 11. The first-order chi connectivity index (χ1) is 16.7. The fourth-order valence-corrected chi connectivity index (χ4v) is 4.43. The van der Waals surface area contributed by atoms with Crippen LogP contribution >= 0.6 is 9.24 Å². The van der Waals surface area contributed by atoms with Crippen molar-refractivity contribution in [1.29, 1.82) is 10.7 Å². The summed E-state index contributed by atoms with van der Waals surface area (Å²) in [7, 11) is 2.19. The van der Waals surface area contributed by atoms with Gasteiger partial charge in [-0.15, -0.1) is 0 Å². The summed E-state index contributed by atoms with van der Waals surface area (Å²) >= 11 is 0. The van der Waals surface area contributed by atoms with Crippen molar-refractivity contribution in [3.63, 3.8) is 0 Å². The lowest BCUT2D eigenvalue weighted by Gasteiger charge is -2.21. The molecule has 0 spiro atoms. The van der Waals surface area contributed by atoms with Crippen molar-refractivity contribution in [1.82, 2.24) is 9.47 Å². The molecule has 2 aromatic carbocycles. The molecule has 0 bridgehead atoms. The molecule has 2 atom stereocenters. The van der Waals surface area contributed by atoms with Crippen molar-refractivity contribution in [2.75, 3.05) is 31.5 Å². The van der Waals surface area contributed by atoms with E-state index in [0.29, 0.717) is 35.2 Å². The van der Waals surface area contributed by atoms with Crippen LogP contribution < -0.4 is 10.7 Å². The predicted octanol–water partition coefficient (Wildman–Crippen LogP) is 5.73. The van der Waals surface area contributed by atoms with Gasteiger partial charge in [0, 0.05) is 31.2 Å². The molecule has 1 aromatic heterocycles. The third kappa shape index (κ3) is 6.66. The quantitative estimate of drug-likeness (QED) is 0.333. The first-order valence-electron chi connectivity index (χ1n) is 12.0. The van der Waals surface area contributed by atoms with Gasteiger partial charge in [0.1, 0.15) is 17.3 Å². The summed E-state index contributed by atoms with van der Waals surface area (Å²) in [6.07, 6.45) is 3.76. The molecule has 3 rings (SSSR count). The smallest absolute Gasteiger partial charge is 0.147 e. The molecular weight excluding hydrogens is 463 g/mol. The molecule has 0 saturated carbocycles. The number of nitriles is 1. The Hall–Kier alpha value is -2.81. The summed E-state index contributed by atoms with van der Waals surface area (Å²) in [5.41, 5.74) is 2.65. The first-order valence-corrected chi connectivity index (χ1v) is 12.6. The van der Waals surface area contributed by atoms with Crippen LogP contribution in [0.1, 0.15) is 50.3 Å². The van der Waals surface area contributed by atoms with Crippen LogP contribution in [0.5, 0.6) is 0 Å². The zero-order valence-corrected chi connectivity index (χ0v) is 21.8. The second-order valence-electron chi connectivity index (χ2n) is 9.05. The maximum absolute atomic E-state index is 15.0. The largest absolute Gasteiger partial charge is 0.381 e. The highest BCUT2D eigenvalue weighted by molar-refractivity contribution is 7.18. The van der Waals surface area contributed by atoms with E-state index in [1.807, 2.05) is 22.8 Å². The molecule has 35 heavy (non-hydrogen) atoms. The van der Waals surface area contributed by atoms with Crippen LogP contribution in [0.4, 0.5) is 14.5 Å². The highest BCUT2D eigenvalue weighted by Crippen LogP contribution is 2.32. The molecule has 2 N–H and O–H groups in total. The van der Waals surface area contributed by atoms with Crippen molar-refractivity contribution < 1.29 is 8.78 Å². The molecule has 1 heterocycles. The number of nitrogens with zero attached hydrogens (tertiary/aromatic N) is 3. The summed E-state index contributed by atoms with van der Waals surface area (Å²) in [6, 6.07) is 12.2. The summed E-state index contributed by atoms with van der Waals surface area (Å²) in [4.78, 5) is 2.36. The Morgan fingerprint density at radius 2 is 1.80 bits per heavy atom. The Kier molecular flexibility index (Phi) is 8.99. The molecule has 0 radical (unpaired) electrons. The number of hydrogen-bond acceptors (Lipinski definition) is 4. The zero-order chi connectivity index (χ0) is 25.6. The van der Waals surface area contributed by atoms with E-state index in [-0.39, 0.29) is 10.9 Å². The molecule has 0 aliphatic heterocycles. The lowest BCUT2D eigenvalue weighted by atomic mass is 10.1. The van der Waals surface area contributed by atoms with Gasteiger partial charge in [0.25, 0.3) is 0 Å². The van der Waals surface area contributed by atoms with E-state index < -0.39 is 11.2 Å². The Labute approximate surface area is 208 Å². The third-order valence-corrected chi connectivity index (χ3v) is 6.37. The second kappa shape index (κ2) is 11.7. The van der Waals surface area contributed by atoms with E-state index in [0.717, 1.165) is 38.0 Å². The van der Waals surface area contributed by atoms with Crippen molar-refractivity contribution in [3.8, 4) is 6.07 Å². The van der Waals surface area contributed by atoms with Gasteiger partial charge in [-0.3, -0.25) is 5.41 Å². The molecular formula is C27H34F2N5P. The monoisotopic (exact) mass is 497 g/mol. The van der Waals surface area contributed by atoms with E-state index in [9.17, 15) is 14.0 Å². The fourth-order valence-electron chi connectivity index (χ4n) is 4.24. The number of hydrogen-bond donors (Lipinski definition) is 2. The van der Waals surface area contributed by atoms with Crippen LogP contribution in [0, 0.1) is 22.6 Å². The standard InChI is InChI=1S/C27H34F2N5P/c1-4-11-33(12-5-2)13-10-32-24-15-25-22(14-23(24)28)26(31)20(16-30)18-34(25)17-19-6-8-21(9-7-19)27(3,29)35/h6-9,14-15,18,31-32H,4-5,10-13,17,35H2,1-3H3. The number of anilines is 1. The molecule has 0 amide bonds. The summed E-state index contributed by atoms with van der Waals surface area (Å²) in [5, 5.41) is 20.0. The van der Waals surface area contributed by atoms with E-state index in [4.69, 9.17) is 5.41 Å². The minimum atomic E-state index is -1.51. The van der Waals surface area contributed by atoms with Crippen LogP contribution in [0.25, 0.3) is 10.9 Å². The van der Waals surface area contributed by atoms with E-state index in [1.165, 1.54) is 13.0 Å². The average molecular weight is 498 g/mol. The molecule has 3 aromatic rings. The first kappa shape index (κ1) is 26.8. The molecule has 0 saturated heterocycles. The Bertz CT molecular complexity index is 1250. The number of pyridine rings is 1. The van der Waals surface area contributed by atoms with Gasteiger partial charge in [0.05, 0.1) is 22.1 Å². The van der Waals surface area contributed by atoms with Gasteiger partial charge in [0.2, 0.25) is 0 Å². The summed E-state index contributed by atoms with van der Waals surface area (Å²) < 4.78 is 31.0. The van der Waals surface area contributed by atoms with Gasteiger partial charge in [-0.2, -0.15) is 5.26 Å². The van der Waals surface area contributed by atoms with E-state index in [2.05, 4.69) is 33.3 Å². The number of halogens is 2. The van der Waals surface area contributed by atoms with Gasteiger partial charge in [-0.25, -0.2) is 8.78 Å². The molecule has 0 aliphatic rings. The molecule has 8 heteroatoms. The van der Waals surface area contributed by atoms with Crippen LogP contribution in [0.3, 0.4) is 0 Å². The normalized spacial score (nSPS) is 13.1. The van der Waals surface area contributed by atoms with Crippen LogP contribution in [0.2, 0.25) is 0 Å². The van der Waals surface area contributed by atoms with Gasteiger partial charge in [0.15, 0.2) is 0 Å². The van der Waals surface area contributed by atoms with Crippen molar-refractivity contribution >= 4 is 25.8 Å². The van der Waals surface area contributed by atoms with Crippen LogP contribution in [0.15, 0.2) is 42.6 Å². The van der Waals surface area contributed by atoms with Crippen LogP contribution in [-0.4, -0.2) is 35.6 Å². The van der Waals surface area contributed by atoms with Gasteiger partial charge in [-0.05, 0) is 56.1 Å². The lowest BCUT2D eigenvalue weighted by molar-refractivity contribution is 0.285. The highest BCUT2D eigenvalue weighted by Gasteiger charge is 2.18. The van der Waals surface area contributed by atoms with Gasteiger partial charge < -0.3 is 14.8 Å².